The van der Waals surface area contributed by atoms with Gasteiger partial charge in [-0.05, 0) is 67.6 Å². The van der Waals surface area contributed by atoms with Crippen LogP contribution < -0.4 is 4.74 Å². The van der Waals surface area contributed by atoms with E-state index in [1.807, 2.05) is 12.2 Å². The summed E-state index contributed by atoms with van der Waals surface area (Å²) in [5.74, 6) is -2.70. The molecule has 0 radical (unpaired) electrons. The summed E-state index contributed by atoms with van der Waals surface area (Å²) in [5.41, 5.74) is 0.337. The van der Waals surface area contributed by atoms with E-state index in [1.165, 1.54) is 32.2 Å². The first-order valence-electron chi connectivity index (χ1n) is 11.3. The third-order valence-corrected chi connectivity index (χ3v) is 7.70. The summed E-state index contributed by atoms with van der Waals surface area (Å²) in [6, 6.07) is 9.54. The molecule has 1 saturated heterocycles. The number of hydrazine groups is 1. The Kier molecular flexibility index (Phi) is 5.93. The van der Waals surface area contributed by atoms with E-state index in [4.69, 9.17) is 27.9 Å². The van der Waals surface area contributed by atoms with Crippen LogP contribution in [0.25, 0.3) is 0 Å². The number of hydrogen-bond acceptors (Lipinski definition) is 5. The van der Waals surface area contributed by atoms with Crippen LogP contribution in [0, 0.1) is 23.7 Å². The normalized spacial score (nSPS) is 25.1. The summed E-state index contributed by atoms with van der Waals surface area (Å²) in [4.78, 5) is 54.4. The number of ketones is 1. The lowest BCUT2D eigenvalue weighted by Gasteiger charge is -2.35. The van der Waals surface area contributed by atoms with Gasteiger partial charge < -0.3 is 4.74 Å². The molecule has 0 spiro atoms. The monoisotopic (exact) mass is 512 g/mol. The lowest BCUT2D eigenvalue weighted by atomic mass is 9.85. The van der Waals surface area contributed by atoms with Crippen LogP contribution in [0.15, 0.2) is 54.6 Å². The van der Waals surface area contributed by atoms with Crippen molar-refractivity contribution in [3.63, 3.8) is 0 Å². The van der Waals surface area contributed by atoms with Crippen molar-refractivity contribution in [3.05, 3.63) is 75.8 Å². The molecule has 180 valence electrons. The Morgan fingerprint density at radius 3 is 2.14 bits per heavy atom. The number of imide groups is 1. The van der Waals surface area contributed by atoms with Crippen molar-refractivity contribution >= 4 is 46.7 Å². The molecule has 2 bridgehead atoms. The quantitative estimate of drug-likeness (QED) is 0.324. The summed E-state index contributed by atoms with van der Waals surface area (Å²) in [5, 5.41) is 2.22. The molecule has 1 aliphatic heterocycles. The molecule has 2 aromatic rings. The number of amides is 3. The molecule has 2 aliphatic carbocycles. The van der Waals surface area contributed by atoms with Gasteiger partial charge in [0.15, 0.2) is 5.78 Å². The van der Waals surface area contributed by atoms with Gasteiger partial charge in [-0.15, -0.1) is 0 Å². The fraction of sp³-hybridized carbons (Fsp3) is 0.308. The van der Waals surface area contributed by atoms with Crippen LogP contribution >= 0.6 is 23.2 Å². The van der Waals surface area contributed by atoms with E-state index in [1.54, 1.807) is 24.3 Å². The summed E-state index contributed by atoms with van der Waals surface area (Å²) < 4.78 is 5.15. The van der Waals surface area contributed by atoms with E-state index in [9.17, 15) is 19.2 Å². The van der Waals surface area contributed by atoms with Crippen LogP contribution in [-0.2, 0) is 9.59 Å². The molecule has 0 unspecified atom stereocenters. The van der Waals surface area contributed by atoms with Gasteiger partial charge in [0, 0.05) is 10.6 Å². The highest BCUT2D eigenvalue weighted by molar-refractivity contribution is 6.36. The number of fused-ring (bicyclic) bond motifs is 5. The van der Waals surface area contributed by atoms with E-state index < -0.39 is 41.4 Å². The first-order valence-corrected chi connectivity index (χ1v) is 12.0. The average Bonchev–Trinajstić information content (AvgIpc) is 3.53. The molecule has 0 N–H and O–H groups in total. The van der Waals surface area contributed by atoms with Gasteiger partial charge in [-0.3, -0.25) is 19.2 Å². The van der Waals surface area contributed by atoms with Crippen molar-refractivity contribution in [2.24, 2.45) is 23.7 Å². The second-order valence-corrected chi connectivity index (χ2v) is 9.87. The molecule has 35 heavy (non-hydrogen) atoms. The molecule has 5 atom stereocenters. The fourth-order valence-electron chi connectivity index (χ4n) is 5.43. The fourth-order valence-corrected chi connectivity index (χ4v) is 5.92. The number of halogens is 2. The van der Waals surface area contributed by atoms with Crippen molar-refractivity contribution < 1.29 is 23.9 Å². The Bertz CT molecular complexity index is 1250. The first-order chi connectivity index (χ1) is 16.7. The summed E-state index contributed by atoms with van der Waals surface area (Å²) in [6.07, 6.45) is 4.68. The van der Waals surface area contributed by atoms with Crippen molar-refractivity contribution in [3.8, 4) is 5.75 Å². The molecule has 9 heteroatoms. The highest BCUT2D eigenvalue weighted by atomic mass is 35.5. The summed E-state index contributed by atoms with van der Waals surface area (Å²) in [7, 11) is 1.51. The largest absolute Gasteiger partial charge is 0.497 e. The number of carbonyl (C=O) groups excluding carboxylic acids is 4. The third kappa shape index (κ3) is 3.74. The zero-order valence-corrected chi connectivity index (χ0v) is 20.5. The molecule has 1 heterocycles. The van der Waals surface area contributed by atoms with Crippen molar-refractivity contribution in [2.45, 2.75) is 19.4 Å². The van der Waals surface area contributed by atoms with Gasteiger partial charge in [0.05, 0.1) is 29.5 Å². The Morgan fingerprint density at radius 2 is 1.60 bits per heavy atom. The van der Waals surface area contributed by atoms with Crippen molar-refractivity contribution in [1.82, 2.24) is 10.0 Å². The average molecular weight is 513 g/mol. The highest BCUT2D eigenvalue weighted by Gasteiger charge is 2.61. The maximum Gasteiger partial charge on any atom is 0.275 e. The minimum atomic E-state index is -1.17. The Hall–Kier alpha value is -3.16. The van der Waals surface area contributed by atoms with Crippen molar-refractivity contribution in [2.75, 3.05) is 7.11 Å². The molecular formula is C26H22Cl2N2O5. The Balaban J connectivity index is 1.55. The zero-order valence-electron chi connectivity index (χ0n) is 19.0. The second kappa shape index (κ2) is 8.81. The molecule has 3 amide bonds. The number of nitrogens with zero attached hydrogens (tertiary/aromatic N) is 2. The van der Waals surface area contributed by atoms with Crippen LogP contribution in [0.4, 0.5) is 0 Å². The van der Waals surface area contributed by atoms with Crippen LogP contribution in [0.2, 0.25) is 10.0 Å². The van der Waals surface area contributed by atoms with Gasteiger partial charge >= 0.3 is 0 Å². The van der Waals surface area contributed by atoms with E-state index in [2.05, 4.69) is 0 Å². The third-order valence-electron chi connectivity index (χ3n) is 7.15. The van der Waals surface area contributed by atoms with Crippen LogP contribution in [0.5, 0.6) is 5.75 Å². The van der Waals surface area contributed by atoms with Gasteiger partial charge in [-0.1, -0.05) is 35.4 Å². The SMILES string of the molecule is COc1ccc(C(=O)[C@@H](C)N(C(=O)c2ccc(Cl)cc2Cl)N2C(=O)[C@@H]3[C@H](C2=O)[C@H]2C=C[C@H]3C2)cc1. The topological polar surface area (TPSA) is 84.0 Å². The van der Waals surface area contributed by atoms with E-state index >= 15 is 0 Å². The zero-order chi connectivity index (χ0) is 25.0. The second-order valence-electron chi connectivity index (χ2n) is 9.03. The Labute approximate surface area is 212 Å². The van der Waals surface area contributed by atoms with Gasteiger partial charge in [0.25, 0.3) is 17.7 Å². The summed E-state index contributed by atoms with van der Waals surface area (Å²) in [6.45, 7) is 1.50. The number of methoxy groups -OCH3 is 1. The predicted molar refractivity (Wildman–Crippen MR) is 129 cm³/mol. The highest BCUT2D eigenvalue weighted by Crippen LogP contribution is 2.53. The number of hydrogen-bond donors (Lipinski definition) is 0. The van der Waals surface area contributed by atoms with Gasteiger partial charge in [-0.25, -0.2) is 5.01 Å². The van der Waals surface area contributed by atoms with E-state index in [-0.39, 0.29) is 22.4 Å². The molecule has 7 nitrogen and oxygen atoms in total. The van der Waals surface area contributed by atoms with Crippen LogP contribution in [0.3, 0.4) is 0 Å². The lowest BCUT2D eigenvalue weighted by molar-refractivity contribution is -0.157. The van der Waals surface area contributed by atoms with E-state index in [0.29, 0.717) is 16.3 Å². The summed E-state index contributed by atoms with van der Waals surface area (Å²) >= 11 is 12.3. The minimum Gasteiger partial charge on any atom is -0.497 e. The number of rotatable bonds is 6. The molecule has 2 fully saturated rings. The van der Waals surface area contributed by atoms with Gasteiger partial charge in [0.1, 0.15) is 11.8 Å². The molecule has 2 aromatic carbocycles. The lowest BCUT2D eigenvalue weighted by Crippen LogP contribution is -2.57. The number of ether oxygens (including phenoxy) is 1. The molecule has 5 rings (SSSR count). The van der Waals surface area contributed by atoms with Gasteiger partial charge in [0.2, 0.25) is 0 Å². The molecular weight excluding hydrogens is 491 g/mol. The Morgan fingerprint density at radius 1 is 1.00 bits per heavy atom. The number of benzene rings is 2. The molecule has 3 aliphatic rings. The van der Waals surface area contributed by atoms with E-state index in [0.717, 1.165) is 16.4 Å². The maximum atomic E-state index is 13.8. The number of Topliss-reactive ketones (excluding diaryl/α,β-unsaturated/α-hetero) is 1. The minimum absolute atomic E-state index is 0.0317. The standard InChI is InChI=1S/C26H22Cl2N2O5/c1-13(23(31)14-5-8-18(35-2)9-6-14)29(24(32)19-10-7-17(27)12-20(19)28)30-25(33)21-15-3-4-16(11-15)22(21)26(30)34/h3-10,12-13,15-16,21-22H,11H2,1-2H3/t13-,15+,16+,21-,22+/m1/s1. The molecule has 0 aromatic heterocycles. The van der Waals surface area contributed by atoms with Crippen LogP contribution in [0.1, 0.15) is 34.1 Å². The predicted octanol–water partition coefficient (Wildman–Crippen LogP) is 4.44. The molecule has 1 saturated carbocycles. The number of allylic oxidation sites excluding steroid dienone is 2. The van der Waals surface area contributed by atoms with Gasteiger partial charge in [-0.2, -0.15) is 5.01 Å². The number of carbonyl (C=O) groups is 4. The van der Waals surface area contributed by atoms with Crippen molar-refractivity contribution in [1.29, 1.82) is 0 Å². The maximum absolute atomic E-state index is 13.8. The van der Waals surface area contributed by atoms with Crippen LogP contribution in [-0.4, -0.2) is 46.7 Å². The smallest absolute Gasteiger partial charge is 0.275 e. The first kappa shape index (κ1) is 23.6.